The Morgan fingerprint density at radius 1 is 1.26 bits per heavy atom. The van der Waals surface area contributed by atoms with Crippen molar-refractivity contribution in [1.82, 2.24) is 5.32 Å². The summed E-state index contributed by atoms with van der Waals surface area (Å²) in [6.07, 6.45) is 0.498. The molecule has 3 N–H and O–H groups in total. The second-order valence-electron chi connectivity index (χ2n) is 5.13. The number of carbonyl (C=O) groups is 2. The smallest absolute Gasteiger partial charge is 0.305 e. The van der Waals surface area contributed by atoms with E-state index in [9.17, 15) is 14.7 Å². The number of nitrogens with one attached hydrogen (secondary N) is 1. The lowest BCUT2D eigenvalue weighted by molar-refractivity contribution is -0.138. The number of hydrogen-bond acceptors (Lipinski definition) is 3. The van der Waals surface area contributed by atoms with Gasteiger partial charge < -0.3 is 15.5 Å². The van der Waals surface area contributed by atoms with E-state index in [2.05, 4.69) is 5.32 Å². The normalized spacial score (nSPS) is 11.1. The van der Waals surface area contributed by atoms with Gasteiger partial charge in [0.15, 0.2) is 0 Å². The van der Waals surface area contributed by atoms with Crippen molar-refractivity contribution in [2.75, 3.05) is 0 Å². The highest BCUT2D eigenvalue weighted by Crippen LogP contribution is 2.17. The molecule has 0 fully saturated rings. The van der Waals surface area contributed by atoms with E-state index in [1.54, 1.807) is 38.1 Å². The zero-order valence-electron chi connectivity index (χ0n) is 11.1. The third-order valence-corrected chi connectivity index (χ3v) is 2.68. The Bertz CT molecular complexity index is 468. The zero-order valence-corrected chi connectivity index (χ0v) is 11.1. The van der Waals surface area contributed by atoms with Crippen LogP contribution in [0.25, 0.3) is 0 Å². The van der Waals surface area contributed by atoms with Crippen LogP contribution in [0.3, 0.4) is 0 Å². The highest BCUT2D eigenvalue weighted by Gasteiger charge is 2.23. The number of phenols is 1. The molecule has 0 saturated carbocycles. The van der Waals surface area contributed by atoms with E-state index in [0.29, 0.717) is 12.0 Å². The Balaban J connectivity index is 2.48. The number of amides is 1. The van der Waals surface area contributed by atoms with Gasteiger partial charge in [-0.05, 0) is 31.9 Å². The quantitative estimate of drug-likeness (QED) is 0.730. The maximum absolute atomic E-state index is 11.7. The van der Waals surface area contributed by atoms with Crippen LogP contribution in [0.15, 0.2) is 24.3 Å². The molecule has 1 amide bonds. The molecule has 0 bridgehead atoms. The molecule has 1 aromatic carbocycles. The van der Waals surface area contributed by atoms with Gasteiger partial charge >= 0.3 is 5.97 Å². The predicted molar refractivity (Wildman–Crippen MR) is 70.9 cm³/mol. The molecule has 1 aromatic rings. The number of rotatable bonds is 6. The molecule has 5 nitrogen and oxygen atoms in total. The van der Waals surface area contributed by atoms with Gasteiger partial charge in [-0.1, -0.05) is 18.2 Å². The molecule has 1 rings (SSSR count). The molecule has 0 aliphatic heterocycles. The minimum absolute atomic E-state index is 0.130. The van der Waals surface area contributed by atoms with Crippen LogP contribution in [0.5, 0.6) is 5.75 Å². The van der Waals surface area contributed by atoms with Gasteiger partial charge in [0.1, 0.15) is 5.75 Å². The van der Waals surface area contributed by atoms with Crippen molar-refractivity contribution in [3.63, 3.8) is 0 Å². The summed E-state index contributed by atoms with van der Waals surface area (Å²) < 4.78 is 0. The highest BCUT2D eigenvalue weighted by molar-refractivity contribution is 5.78. The topological polar surface area (TPSA) is 86.6 Å². The Kier molecular flexibility index (Phi) is 4.92. The lowest BCUT2D eigenvalue weighted by atomic mass is 10.00. The van der Waals surface area contributed by atoms with Gasteiger partial charge in [-0.3, -0.25) is 9.59 Å². The Morgan fingerprint density at radius 3 is 2.47 bits per heavy atom. The lowest BCUT2D eigenvalue weighted by Gasteiger charge is -2.24. The predicted octanol–water partition coefficient (Wildman–Crippen LogP) is 1.69. The first-order valence-electron chi connectivity index (χ1n) is 6.10. The molecule has 0 radical (unpaired) electrons. The fourth-order valence-corrected chi connectivity index (χ4v) is 1.83. The molecule has 0 aliphatic rings. The van der Waals surface area contributed by atoms with E-state index >= 15 is 0 Å². The summed E-state index contributed by atoms with van der Waals surface area (Å²) in [5.74, 6) is -1.01. The maximum atomic E-state index is 11.7. The van der Waals surface area contributed by atoms with Crippen LogP contribution in [0, 0.1) is 0 Å². The molecule has 5 heteroatoms. The number of aliphatic carboxylic acids is 1. The van der Waals surface area contributed by atoms with Gasteiger partial charge in [-0.15, -0.1) is 0 Å². The molecular formula is C14H19NO4. The second-order valence-corrected chi connectivity index (χ2v) is 5.13. The molecule has 19 heavy (non-hydrogen) atoms. The van der Waals surface area contributed by atoms with Crippen molar-refractivity contribution in [2.45, 2.75) is 38.6 Å². The summed E-state index contributed by atoms with van der Waals surface area (Å²) in [6.45, 7) is 3.33. The minimum atomic E-state index is -0.953. The highest BCUT2D eigenvalue weighted by atomic mass is 16.4. The van der Waals surface area contributed by atoms with Gasteiger partial charge in [0.2, 0.25) is 5.91 Å². The first-order chi connectivity index (χ1) is 8.80. The lowest BCUT2D eigenvalue weighted by Crippen LogP contribution is -2.45. The molecule has 0 heterocycles. The minimum Gasteiger partial charge on any atom is -0.508 e. The van der Waals surface area contributed by atoms with E-state index in [1.165, 1.54) is 0 Å². The van der Waals surface area contributed by atoms with Crippen molar-refractivity contribution in [3.8, 4) is 5.75 Å². The number of hydrogen-bond donors (Lipinski definition) is 3. The molecule has 104 valence electrons. The number of phenolic OH excluding ortho intramolecular Hbond substituents is 1. The Labute approximate surface area is 112 Å². The fraction of sp³-hybridized carbons (Fsp3) is 0.429. The van der Waals surface area contributed by atoms with Gasteiger partial charge in [-0.25, -0.2) is 0 Å². The van der Waals surface area contributed by atoms with Crippen LogP contribution in [0.1, 0.15) is 32.3 Å². The average Bonchev–Trinajstić information content (AvgIpc) is 2.25. The van der Waals surface area contributed by atoms with Crippen LogP contribution in [0.2, 0.25) is 0 Å². The summed E-state index contributed by atoms with van der Waals surface area (Å²) in [6, 6.07) is 6.84. The van der Waals surface area contributed by atoms with Gasteiger partial charge in [0.05, 0.1) is 6.42 Å². The molecule has 0 aromatic heterocycles. The average molecular weight is 265 g/mol. The van der Waals surface area contributed by atoms with Crippen LogP contribution >= 0.6 is 0 Å². The van der Waals surface area contributed by atoms with Crippen molar-refractivity contribution in [3.05, 3.63) is 29.8 Å². The third-order valence-electron chi connectivity index (χ3n) is 2.68. The van der Waals surface area contributed by atoms with Crippen molar-refractivity contribution in [2.24, 2.45) is 0 Å². The number of benzene rings is 1. The van der Waals surface area contributed by atoms with E-state index in [0.717, 1.165) is 0 Å². The van der Waals surface area contributed by atoms with Gasteiger partial charge in [-0.2, -0.15) is 0 Å². The van der Waals surface area contributed by atoms with Crippen LogP contribution < -0.4 is 5.32 Å². The van der Waals surface area contributed by atoms with E-state index < -0.39 is 11.5 Å². The summed E-state index contributed by atoms with van der Waals surface area (Å²) in [4.78, 5) is 22.4. The van der Waals surface area contributed by atoms with E-state index in [4.69, 9.17) is 5.11 Å². The van der Waals surface area contributed by atoms with Crippen molar-refractivity contribution < 1.29 is 19.8 Å². The Hall–Kier alpha value is -2.04. The standard InChI is InChI=1S/C14H19NO4/c1-14(2,9-13(18)19)15-12(17)8-7-10-5-3-4-6-11(10)16/h3-6,16H,7-9H2,1-2H3,(H,15,17)(H,18,19). The fourth-order valence-electron chi connectivity index (χ4n) is 1.83. The van der Waals surface area contributed by atoms with Gasteiger partial charge in [0, 0.05) is 12.0 Å². The SMILES string of the molecule is CC(C)(CC(=O)O)NC(=O)CCc1ccccc1O. The number of carboxylic acids is 1. The van der Waals surface area contributed by atoms with Crippen molar-refractivity contribution in [1.29, 1.82) is 0 Å². The third kappa shape index (κ3) is 5.42. The molecule has 0 aliphatic carbocycles. The molecular weight excluding hydrogens is 246 g/mol. The number of para-hydroxylation sites is 1. The second kappa shape index (κ2) is 6.22. The first kappa shape index (κ1) is 15.0. The molecule has 0 saturated heterocycles. The van der Waals surface area contributed by atoms with Gasteiger partial charge in [0.25, 0.3) is 0 Å². The number of carbonyl (C=O) groups excluding carboxylic acids is 1. The summed E-state index contributed by atoms with van der Waals surface area (Å²) in [7, 11) is 0. The van der Waals surface area contributed by atoms with Crippen LogP contribution in [0.4, 0.5) is 0 Å². The molecule has 0 unspecified atom stereocenters. The summed E-state index contributed by atoms with van der Waals surface area (Å²) >= 11 is 0. The Morgan fingerprint density at radius 2 is 1.89 bits per heavy atom. The number of aryl methyl sites for hydroxylation is 1. The van der Waals surface area contributed by atoms with E-state index in [-0.39, 0.29) is 24.5 Å². The summed E-state index contributed by atoms with van der Waals surface area (Å²) in [5, 5.41) is 21.0. The largest absolute Gasteiger partial charge is 0.508 e. The molecule has 0 atom stereocenters. The number of carboxylic acid groups (broad SMARTS) is 1. The monoisotopic (exact) mass is 265 g/mol. The van der Waals surface area contributed by atoms with E-state index in [1.807, 2.05) is 0 Å². The number of aromatic hydroxyl groups is 1. The van der Waals surface area contributed by atoms with Crippen LogP contribution in [-0.4, -0.2) is 27.6 Å². The summed E-state index contributed by atoms with van der Waals surface area (Å²) in [5.41, 5.74) is -0.0737. The zero-order chi connectivity index (χ0) is 14.5. The first-order valence-corrected chi connectivity index (χ1v) is 6.10. The van der Waals surface area contributed by atoms with Crippen LogP contribution in [-0.2, 0) is 16.0 Å². The molecule has 0 spiro atoms. The van der Waals surface area contributed by atoms with Crippen molar-refractivity contribution >= 4 is 11.9 Å². The maximum Gasteiger partial charge on any atom is 0.305 e.